The maximum Gasteiger partial charge on any atom is 0.233 e. The SMILES string of the molecule is C/N=C/CN(c1ccnc(N2CCOCC2)n1)c1cc(-c2ccc(OC)cc2)no1. The van der Waals surface area contributed by atoms with Gasteiger partial charge in [0.05, 0.1) is 26.9 Å². The topological polar surface area (TPSA) is 89.1 Å². The Kier molecular flexibility index (Phi) is 6.19. The molecule has 9 nitrogen and oxygen atoms in total. The lowest BCUT2D eigenvalue weighted by atomic mass is 10.1. The summed E-state index contributed by atoms with van der Waals surface area (Å²) in [7, 11) is 3.38. The van der Waals surface area contributed by atoms with Crippen LogP contribution in [0.25, 0.3) is 11.3 Å². The monoisotopic (exact) mass is 408 g/mol. The second-order valence-electron chi connectivity index (χ2n) is 6.64. The smallest absolute Gasteiger partial charge is 0.233 e. The molecule has 0 N–H and O–H groups in total. The molecule has 0 saturated carbocycles. The highest BCUT2D eigenvalue weighted by Crippen LogP contribution is 2.29. The molecule has 0 bridgehead atoms. The Morgan fingerprint density at radius 1 is 1.20 bits per heavy atom. The van der Waals surface area contributed by atoms with Crippen molar-refractivity contribution >= 4 is 23.9 Å². The highest BCUT2D eigenvalue weighted by atomic mass is 16.5. The standard InChI is InChI=1S/C21H24N6O3/c1-22-9-10-27(19-7-8-23-21(24-19)26-11-13-29-14-12-26)20-15-18(25-30-20)16-3-5-17(28-2)6-4-16/h3-9,15H,10-14H2,1-2H3/b22-9+. The van der Waals surface area contributed by atoms with Crippen molar-refractivity contribution in [2.75, 3.05) is 56.8 Å². The number of morpholine rings is 1. The third kappa shape index (κ3) is 4.41. The number of rotatable bonds is 7. The number of methoxy groups -OCH3 is 1. The van der Waals surface area contributed by atoms with Gasteiger partial charge < -0.3 is 18.9 Å². The van der Waals surface area contributed by atoms with Crippen LogP contribution in [-0.2, 0) is 4.74 Å². The summed E-state index contributed by atoms with van der Waals surface area (Å²) in [6.07, 6.45) is 3.55. The van der Waals surface area contributed by atoms with Crippen LogP contribution in [0.2, 0.25) is 0 Å². The van der Waals surface area contributed by atoms with Crippen LogP contribution in [0.15, 0.2) is 52.1 Å². The van der Waals surface area contributed by atoms with Gasteiger partial charge in [-0.1, -0.05) is 5.16 Å². The highest BCUT2D eigenvalue weighted by Gasteiger charge is 2.19. The summed E-state index contributed by atoms with van der Waals surface area (Å²) < 4.78 is 16.3. The molecule has 156 valence electrons. The average Bonchev–Trinajstić information content (AvgIpc) is 3.30. The van der Waals surface area contributed by atoms with Crippen molar-refractivity contribution in [2.45, 2.75) is 0 Å². The fourth-order valence-electron chi connectivity index (χ4n) is 3.16. The van der Waals surface area contributed by atoms with Crippen molar-refractivity contribution in [1.29, 1.82) is 0 Å². The summed E-state index contributed by atoms with van der Waals surface area (Å²) in [5, 5.41) is 4.24. The molecule has 2 aromatic heterocycles. The summed E-state index contributed by atoms with van der Waals surface area (Å²) in [6.45, 7) is 3.38. The van der Waals surface area contributed by atoms with Gasteiger partial charge in [0.25, 0.3) is 0 Å². The van der Waals surface area contributed by atoms with Gasteiger partial charge >= 0.3 is 0 Å². The molecule has 0 atom stereocenters. The van der Waals surface area contributed by atoms with Gasteiger partial charge in [-0.2, -0.15) is 4.98 Å². The van der Waals surface area contributed by atoms with Crippen molar-refractivity contribution < 1.29 is 14.0 Å². The molecular formula is C21H24N6O3. The molecule has 0 aliphatic carbocycles. The van der Waals surface area contributed by atoms with E-state index in [0.29, 0.717) is 37.4 Å². The van der Waals surface area contributed by atoms with Crippen LogP contribution in [0, 0.1) is 0 Å². The highest BCUT2D eigenvalue weighted by molar-refractivity contribution is 5.72. The van der Waals surface area contributed by atoms with E-state index < -0.39 is 0 Å². The van der Waals surface area contributed by atoms with Crippen LogP contribution in [-0.4, -0.2) is 68.3 Å². The fraction of sp³-hybridized carbons (Fsp3) is 0.333. The van der Waals surface area contributed by atoms with E-state index in [1.165, 1.54) is 0 Å². The molecule has 0 radical (unpaired) electrons. The predicted molar refractivity (Wildman–Crippen MR) is 115 cm³/mol. The van der Waals surface area contributed by atoms with Gasteiger partial charge in [-0.25, -0.2) is 4.98 Å². The van der Waals surface area contributed by atoms with Gasteiger partial charge in [-0.05, 0) is 30.3 Å². The zero-order valence-electron chi connectivity index (χ0n) is 17.1. The zero-order chi connectivity index (χ0) is 20.8. The minimum atomic E-state index is 0.493. The number of benzene rings is 1. The first-order valence-electron chi connectivity index (χ1n) is 9.73. The molecule has 1 aromatic carbocycles. The summed E-state index contributed by atoms with van der Waals surface area (Å²) in [6, 6.07) is 11.4. The van der Waals surface area contributed by atoms with Gasteiger partial charge in [-0.3, -0.25) is 9.89 Å². The molecular weight excluding hydrogens is 384 g/mol. The Labute approximate surface area is 175 Å². The molecule has 1 aliphatic rings. The molecule has 0 spiro atoms. The second kappa shape index (κ2) is 9.36. The van der Waals surface area contributed by atoms with Crippen molar-refractivity contribution in [3.8, 4) is 17.0 Å². The lowest BCUT2D eigenvalue weighted by Crippen LogP contribution is -2.37. The third-order valence-corrected chi connectivity index (χ3v) is 4.79. The van der Waals surface area contributed by atoms with Gasteiger partial charge in [0.15, 0.2) is 0 Å². The Hall–Kier alpha value is -3.46. The predicted octanol–water partition coefficient (Wildman–Crippen LogP) is 2.82. The summed E-state index contributed by atoms with van der Waals surface area (Å²) in [4.78, 5) is 17.3. The van der Waals surface area contributed by atoms with Gasteiger partial charge in [0.1, 0.15) is 17.3 Å². The van der Waals surface area contributed by atoms with E-state index in [-0.39, 0.29) is 0 Å². The number of ether oxygens (including phenoxy) is 2. The number of nitrogens with zero attached hydrogens (tertiary/aromatic N) is 6. The van der Waals surface area contributed by atoms with Gasteiger partial charge in [0.2, 0.25) is 11.8 Å². The van der Waals surface area contributed by atoms with Gasteiger partial charge in [-0.15, -0.1) is 0 Å². The number of aliphatic imine (C=N–C) groups is 1. The van der Waals surface area contributed by atoms with Crippen LogP contribution in [0.1, 0.15) is 0 Å². The molecule has 30 heavy (non-hydrogen) atoms. The lowest BCUT2D eigenvalue weighted by Gasteiger charge is -2.27. The Morgan fingerprint density at radius 3 is 2.73 bits per heavy atom. The fourth-order valence-corrected chi connectivity index (χ4v) is 3.16. The lowest BCUT2D eigenvalue weighted by molar-refractivity contribution is 0.122. The van der Waals surface area contributed by atoms with Crippen molar-refractivity contribution in [3.63, 3.8) is 0 Å². The molecule has 9 heteroatoms. The van der Waals surface area contributed by atoms with E-state index in [4.69, 9.17) is 19.0 Å². The average molecular weight is 408 g/mol. The molecule has 3 heterocycles. The van der Waals surface area contributed by atoms with Crippen molar-refractivity contribution in [3.05, 3.63) is 42.6 Å². The van der Waals surface area contributed by atoms with Crippen LogP contribution in [0.5, 0.6) is 5.75 Å². The van der Waals surface area contributed by atoms with E-state index in [1.807, 2.05) is 41.3 Å². The first kappa shape index (κ1) is 19.8. The number of hydrogen-bond acceptors (Lipinski definition) is 9. The zero-order valence-corrected chi connectivity index (χ0v) is 17.1. The second-order valence-corrected chi connectivity index (χ2v) is 6.64. The Bertz CT molecular complexity index is 982. The maximum absolute atomic E-state index is 5.66. The normalized spacial score (nSPS) is 14.3. The maximum atomic E-state index is 5.66. The number of anilines is 3. The van der Waals surface area contributed by atoms with Crippen molar-refractivity contribution in [2.24, 2.45) is 4.99 Å². The van der Waals surface area contributed by atoms with E-state index in [0.717, 1.165) is 30.1 Å². The molecule has 1 aliphatic heterocycles. The van der Waals surface area contributed by atoms with Crippen LogP contribution in [0.4, 0.5) is 17.7 Å². The molecule has 4 rings (SSSR count). The molecule has 3 aromatic rings. The Morgan fingerprint density at radius 2 is 2.00 bits per heavy atom. The van der Waals surface area contributed by atoms with E-state index in [1.54, 1.807) is 26.6 Å². The first-order valence-corrected chi connectivity index (χ1v) is 9.73. The summed E-state index contributed by atoms with van der Waals surface area (Å²) in [5.74, 6) is 2.75. The van der Waals surface area contributed by atoms with E-state index >= 15 is 0 Å². The minimum absolute atomic E-state index is 0.493. The first-order chi connectivity index (χ1) is 14.8. The van der Waals surface area contributed by atoms with Gasteiger partial charge in [0, 0.05) is 44.2 Å². The van der Waals surface area contributed by atoms with E-state index in [2.05, 4.69) is 20.0 Å². The third-order valence-electron chi connectivity index (χ3n) is 4.79. The largest absolute Gasteiger partial charge is 0.497 e. The molecule has 1 fully saturated rings. The molecule has 0 unspecified atom stereocenters. The molecule has 0 amide bonds. The Balaban J connectivity index is 1.62. The van der Waals surface area contributed by atoms with E-state index in [9.17, 15) is 0 Å². The number of hydrogen-bond donors (Lipinski definition) is 0. The summed E-state index contributed by atoms with van der Waals surface area (Å²) in [5.41, 5.74) is 1.67. The van der Waals surface area contributed by atoms with Crippen LogP contribution >= 0.6 is 0 Å². The number of aromatic nitrogens is 3. The van der Waals surface area contributed by atoms with Crippen LogP contribution in [0.3, 0.4) is 0 Å². The minimum Gasteiger partial charge on any atom is -0.497 e. The molecule has 1 saturated heterocycles. The van der Waals surface area contributed by atoms with Crippen molar-refractivity contribution in [1.82, 2.24) is 15.1 Å². The quantitative estimate of drug-likeness (QED) is 0.552. The van der Waals surface area contributed by atoms with Crippen LogP contribution < -0.4 is 14.5 Å². The summed E-state index contributed by atoms with van der Waals surface area (Å²) >= 11 is 0.